The number of nitrogens with one attached hydrogen (secondary N) is 2. The molecule has 8 heteroatoms. The van der Waals surface area contributed by atoms with E-state index in [4.69, 9.17) is 15.7 Å². The first-order chi connectivity index (χ1) is 19.0. The van der Waals surface area contributed by atoms with E-state index in [1.807, 2.05) is 49.0 Å². The summed E-state index contributed by atoms with van der Waals surface area (Å²) in [4.78, 5) is 26.7. The van der Waals surface area contributed by atoms with Crippen LogP contribution in [0.15, 0.2) is 72.5 Å². The first kappa shape index (κ1) is 25.3. The molecule has 0 aliphatic heterocycles. The third-order valence-electron chi connectivity index (χ3n) is 7.44. The van der Waals surface area contributed by atoms with Crippen LogP contribution in [0.2, 0.25) is 0 Å². The molecule has 0 fully saturated rings. The molecule has 4 heterocycles. The predicted molar refractivity (Wildman–Crippen MR) is 159 cm³/mol. The van der Waals surface area contributed by atoms with Crippen molar-refractivity contribution in [2.45, 2.75) is 38.5 Å². The fourth-order valence-electron chi connectivity index (χ4n) is 5.09. The van der Waals surface area contributed by atoms with Gasteiger partial charge in [-0.2, -0.15) is 0 Å². The minimum atomic E-state index is -0.813. The number of imidazole rings is 1. The maximum absolute atomic E-state index is 13.4. The summed E-state index contributed by atoms with van der Waals surface area (Å²) in [5.74, 6) is -0.0498. The molecule has 0 aliphatic carbocycles. The van der Waals surface area contributed by atoms with E-state index in [9.17, 15) is 4.79 Å². The molecule has 7 nitrogen and oxygen atoms in total. The zero-order valence-corrected chi connectivity index (χ0v) is 23.0. The molecular weight excluding hydrogens is 504 g/mol. The fraction of sp³-hybridized carbons (Fsp3) is 0.258. The van der Waals surface area contributed by atoms with Gasteiger partial charge < -0.3 is 20.4 Å². The zero-order valence-electron chi connectivity index (χ0n) is 22.2. The highest BCUT2D eigenvalue weighted by Gasteiger charge is 2.33. The smallest absolute Gasteiger partial charge is 0.231 e. The van der Waals surface area contributed by atoms with Gasteiger partial charge in [0.25, 0.3) is 0 Å². The number of aromatic amines is 1. The molecule has 0 spiro atoms. The number of amides is 1. The number of fused-ring (bicyclic) bond motifs is 3. The Hall–Kier alpha value is -4.01. The van der Waals surface area contributed by atoms with Crippen molar-refractivity contribution in [2.75, 3.05) is 13.1 Å². The molecule has 0 unspecified atom stereocenters. The van der Waals surface area contributed by atoms with E-state index in [1.165, 1.54) is 21.0 Å². The van der Waals surface area contributed by atoms with E-state index in [-0.39, 0.29) is 5.91 Å². The van der Waals surface area contributed by atoms with E-state index in [2.05, 4.69) is 52.1 Å². The third-order valence-corrected chi connectivity index (χ3v) is 8.41. The van der Waals surface area contributed by atoms with Crippen molar-refractivity contribution < 1.29 is 4.79 Å². The Morgan fingerprint density at radius 2 is 1.85 bits per heavy atom. The Balaban J connectivity index is 1.28. The van der Waals surface area contributed by atoms with Gasteiger partial charge in [0, 0.05) is 57.1 Å². The van der Waals surface area contributed by atoms with Crippen LogP contribution >= 0.6 is 11.3 Å². The van der Waals surface area contributed by atoms with Crippen molar-refractivity contribution in [3.8, 4) is 11.3 Å². The van der Waals surface area contributed by atoms with Gasteiger partial charge in [-0.1, -0.05) is 36.4 Å². The van der Waals surface area contributed by atoms with Gasteiger partial charge >= 0.3 is 0 Å². The molecule has 6 rings (SSSR count). The van der Waals surface area contributed by atoms with E-state index in [0.29, 0.717) is 13.1 Å². The lowest BCUT2D eigenvalue weighted by Gasteiger charge is -2.21. The Labute approximate surface area is 231 Å². The van der Waals surface area contributed by atoms with Crippen molar-refractivity contribution in [3.05, 3.63) is 89.5 Å². The number of H-pyrrole nitrogens is 1. The van der Waals surface area contributed by atoms with Gasteiger partial charge in [0.2, 0.25) is 5.91 Å². The molecule has 4 N–H and O–H groups in total. The Morgan fingerprint density at radius 3 is 2.69 bits per heavy atom. The zero-order chi connectivity index (χ0) is 27.0. The summed E-state index contributed by atoms with van der Waals surface area (Å²) in [6.45, 7) is 4.99. The van der Waals surface area contributed by atoms with Crippen LogP contribution in [-0.2, 0) is 23.1 Å². The lowest BCUT2D eigenvalue weighted by Crippen LogP contribution is -2.41. The molecule has 0 saturated heterocycles. The number of thiophene rings is 1. The molecule has 2 aromatic carbocycles. The summed E-state index contributed by atoms with van der Waals surface area (Å²) in [6.07, 6.45) is 8.31. The second kappa shape index (κ2) is 10.3. The third kappa shape index (κ3) is 4.70. The quantitative estimate of drug-likeness (QED) is 0.223. The SMILES string of the molecule is CC(C)(C(=O)NCCc1c[nH]c2ccccc12)c1cn2cc(-c3csc4ccccc34)nc(CCCN)c2n1. The summed E-state index contributed by atoms with van der Waals surface area (Å²) >= 11 is 1.72. The van der Waals surface area contributed by atoms with Crippen molar-refractivity contribution in [1.29, 1.82) is 0 Å². The minimum Gasteiger partial charge on any atom is -0.361 e. The highest BCUT2D eigenvalue weighted by Crippen LogP contribution is 2.34. The number of carbonyl (C=O) groups excluding carboxylic acids is 1. The van der Waals surface area contributed by atoms with Gasteiger partial charge in [0.1, 0.15) is 0 Å². The van der Waals surface area contributed by atoms with Crippen molar-refractivity contribution in [2.24, 2.45) is 5.73 Å². The van der Waals surface area contributed by atoms with E-state index in [0.717, 1.165) is 53.1 Å². The maximum Gasteiger partial charge on any atom is 0.231 e. The van der Waals surface area contributed by atoms with Gasteiger partial charge in [0.05, 0.1) is 22.5 Å². The molecule has 198 valence electrons. The average molecular weight is 537 g/mol. The number of aromatic nitrogens is 4. The monoisotopic (exact) mass is 536 g/mol. The first-order valence-corrected chi connectivity index (χ1v) is 14.2. The standard InChI is InChI=1S/C31H32N6OS/c1-31(2,30(38)33-15-13-20-16-34-24-10-5-3-8-21(20)24)28-18-37-17-26(35-25(11-7-14-32)29(37)36-28)23-19-39-27-12-6-4-9-22(23)27/h3-6,8-10,12,16-19,34H,7,11,13-15,32H2,1-2H3,(H,33,38). The van der Waals surface area contributed by atoms with Crippen molar-refractivity contribution >= 4 is 43.9 Å². The number of benzene rings is 2. The summed E-state index contributed by atoms with van der Waals surface area (Å²) in [7, 11) is 0. The van der Waals surface area contributed by atoms with Crippen LogP contribution in [-0.4, -0.2) is 38.3 Å². The second-order valence-electron chi connectivity index (χ2n) is 10.5. The minimum absolute atomic E-state index is 0.0498. The number of rotatable bonds is 9. The molecule has 0 bridgehead atoms. The number of nitrogens with two attached hydrogens (primary N) is 1. The number of hydrogen-bond acceptors (Lipinski definition) is 5. The topological polar surface area (TPSA) is 101 Å². The Kier molecular flexibility index (Phi) is 6.66. The van der Waals surface area contributed by atoms with Crippen LogP contribution < -0.4 is 11.1 Å². The lowest BCUT2D eigenvalue weighted by molar-refractivity contribution is -0.125. The maximum atomic E-state index is 13.4. The average Bonchev–Trinajstić information content (AvgIpc) is 3.68. The summed E-state index contributed by atoms with van der Waals surface area (Å²) in [5, 5.41) is 7.68. The second-order valence-corrected chi connectivity index (χ2v) is 11.4. The summed E-state index contributed by atoms with van der Waals surface area (Å²) < 4.78 is 3.26. The number of aryl methyl sites for hydroxylation is 1. The lowest BCUT2D eigenvalue weighted by atomic mass is 9.88. The van der Waals surface area contributed by atoms with Crippen LogP contribution in [0.4, 0.5) is 0 Å². The number of nitrogens with zero attached hydrogens (tertiary/aromatic N) is 3. The van der Waals surface area contributed by atoms with Crippen molar-refractivity contribution in [1.82, 2.24) is 24.7 Å². The Bertz CT molecular complexity index is 1790. The van der Waals surface area contributed by atoms with E-state index < -0.39 is 5.41 Å². The van der Waals surface area contributed by atoms with Gasteiger partial charge in [-0.3, -0.25) is 4.79 Å². The van der Waals surface area contributed by atoms with E-state index in [1.54, 1.807) is 11.3 Å². The van der Waals surface area contributed by atoms with Gasteiger partial charge in [-0.05, 0) is 57.4 Å². The predicted octanol–water partition coefficient (Wildman–Crippen LogP) is 5.62. The molecule has 4 aromatic heterocycles. The molecule has 39 heavy (non-hydrogen) atoms. The molecule has 0 saturated carbocycles. The van der Waals surface area contributed by atoms with Crippen molar-refractivity contribution in [3.63, 3.8) is 0 Å². The Morgan fingerprint density at radius 1 is 1.05 bits per heavy atom. The van der Waals surface area contributed by atoms with Crippen LogP contribution in [0, 0.1) is 0 Å². The highest BCUT2D eigenvalue weighted by atomic mass is 32.1. The summed E-state index contributed by atoms with van der Waals surface area (Å²) in [5.41, 5.74) is 11.7. The summed E-state index contributed by atoms with van der Waals surface area (Å²) in [6, 6.07) is 16.6. The van der Waals surface area contributed by atoms with Gasteiger partial charge in [0.15, 0.2) is 5.65 Å². The molecule has 0 atom stereocenters. The number of carbonyl (C=O) groups is 1. The molecule has 0 aliphatic rings. The van der Waals surface area contributed by atoms with Crippen LogP contribution in [0.3, 0.4) is 0 Å². The first-order valence-electron chi connectivity index (χ1n) is 13.3. The molecule has 6 aromatic rings. The number of hydrogen-bond donors (Lipinski definition) is 3. The molecule has 1 amide bonds. The normalized spacial score (nSPS) is 12.1. The van der Waals surface area contributed by atoms with Crippen LogP contribution in [0.25, 0.3) is 37.9 Å². The largest absolute Gasteiger partial charge is 0.361 e. The van der Waals surface area contributed by atoms with Crippen LogP contribution in [0.1, 0.15) is 37.2 Å². The van der Waals surface area contributed by atoms with Gasteiger partial charge in [-0.15, -0.1) is 11.3 Å². The van der Waals surface area contributed by atoms with E-state index >= 15 is 0 Å². The van der Waals surface area contributed by atoms with Gasteiger partial charge in [-0.25, -0.2) is 9.97 Å². The molecule has 0 radical (unpaired) electrons. The van der Waals surface area contributed by atoms with Crippen LogP contribution in [0.5, 0.6) is 0 Å². The fourth-order valence-corrected chi connectivity index (χ4v) is 6.05. The number of para-hydroxylation sites is 1. The molecular formula is C31H32N6OS. The highest BCUT2D eigenvalue weighted by molar-refractivity contribution is 7.17.